The lowest BCUT2D eigenvalue weighted by Crippen LogP contribution is -2.13. The molecule has 5 rings (SSSR count). The number of imidazole rings is 1. The molecule has 1 aliphatic carbocycles. The molecule has 1 aromatic carbocycles. The van der Waals surface area contributed by atoms with Crippen LogP contribution < -0.4 is 5.32 Å². The first-order chi connectivity index (χ1) is 14.5. The fraction of sp³-hybridized carbons (Fsp3) is 0.300. The van der Waals surface area contributed by atoms with Gasteiger partial charge in [-0.05, 0) is 14.1 Å². The number of hydrogen-bond donors (Lipinski definition) is 2. The van der Waals surface area contributed by atoms with Crippen molar-refractivity contribution in [1.29, 1.82) is 0 Å². The number of anilines is 1. The minimum absolute atomic E-state index is 0.0149. The quantitative estimate of drug-likeness (QED) is 0.470. The molecule has 30 heavy (non-hydrogen) atoms. The summed E-state index contributed by atoms with van der Waals surface area (Å²) in [4.78, 5) is 21.0. The fourth-order valence-corrected chi connectivity index (χ4v) is 3.36. The van der Waals surface area contributed by atoms with Crippen LogP contribution in [-0.4, -0.2) is 50.0 Å². The van der Waals surface area contributed by atoms with Crippen LogP contribution in [0.4, 0.5) is 10.2 Å². The Balaban J connectivity index is 0.000000667. The summed E-state index contributed by atoms with van der Waals surface area (Å²) < 4.78 is 16.7. The molecule has 1 aliphatic rings. The maximum absolute atomic E-state index is 15.0. The molecule has 4 aromatic rings. The number of hydrogen-bond acceptors (Lipinski definition) is 5. The first-order valence-electron chi connectivity index (χ1n) is 9.52. The summed E-state index contributed by atoms with van der Waals surface area (Å²) >= 11 is 6.40. The van der Waals surface area contributed by atoms with E-state index in [1.807, 2.05) is 19.0 Å². The number of aromatic nitrogens is 5. The Kier molecular flexibility index (Phi) is 5.65. The van der Waals surface area contributed by atoms with E-state index in [9.17, 15) is 4.79 Å². The summed E-state index contributed by atoms with van der Waals surface area (Å²) in [5, 5.41) is 10.1. The van der Waals surface area contributed by atoms with E-state index in [0.717, 1.165) is 0 Å². The van der Waals surface area contributed by atoms with E-state index in [4.69, 9.17) is 11.6 Å². The molecule has 0 spiro atoms. The Morgan fingerprint density at radius 2 is 2.07 bits per heavy atom. The van der Waals surface area contributed by atoms with Gasteiger partial charge < -0.3 is 14.6 Å². The van der Waals surface area contributed by atoms with Gasteiger partial charge in [0.25, 0.3) is 0 Å². The zero-order chi connectivity index (χ0) is 21.3. The molecule has 0 aliphatic heterocycles. The average Bonchev–Trinajstić information content (AvgIpc) is 3.43. The van der Waals surface area contributed by atoms with Crippen LogP contribution in [0.15, 0.2) is 24.8 Å². The second-order valence-corrected chi connectivity index (χ2v) is 7.74. The number of nitrogens with zero attached hydrogens (tertiary/aromatic N) is 5. The van der Waals surface area contributed by atoms with Crippen LogP contribution in [0.2, 0.25) is 5.02 Å². The monoisotopic (exact) mass is 429 g/mol. The number of benzene rings is 1. The maximum atomic E-state index is 15.0. The van der Waals surface area contributed by atoms with Crippen molar-refractivity contribution in [2.24, 2.45) is 0 Å². The predicted molar refractivity (Wildman–Crippen MR) is 114 cm³/mol. The van der Waals surface area contributed by atoms with Crippen molar-refractivity contribution in [1.82, 2.24) is 29.5 Å². The van der Waals surface area contributed by atoms with Crippen molar-refractivity contribution in [3.8, 4) is 11.3 Å². The zero-order valence-corrected chi connectivity index (χ0v) is 17.4. The molecule has 8 nitrogen and oxygen atoms in total. The average molecular weight is 430 g/mol. The van der Waals surface area contributed by atoms with Crippen molar-refractivity contribution in [3.05, 3.63) is 41.2 Å². The number of fused-ring (bicyclic) bond motifs is 2. The van der Waals surface area contributed by atoms with E-state index in [-0.39, 0.29) is 5.02 Å². The molecule has 3 aromatic heterocycles. The summed E-state index contributed by atoms with van der Waals surface area (Å²) in [6, 6.07) is 0. The normalized spacial score (nSPS) is 12.8. The highest BCUT2D eigenvalue weighted by molar-refractivity contribution is 6.35. The number of carbonyl (C=O) groups is 1. The van der Waals surface area contributed by atoms with Crippen molar-refractivity contribution in [3.63, 3.8) is 0 Å². The molecule has 0 atom stereocenters. The molecule has 156 valence electrons. The number of amides is 1. The van der Waals surface area contributed by atoms with Crippen LogP contribution in [0, 0.1) is 5.82 Å². The third-order valence-corrected chi connectivity index (χ3v) is 4.87. The first kappa shape index (κ1) is 20.2. The molecule has 0 saturated heterocycles. The van der Waals surface area contributed by atoms with E-state index in [1.165, 1.54) is 25.5 Å². The van der Waals surface area contributed by atoms with Gasteiger partial charge in [0.15, 0.2) is 11.5 Å². The highest BCUT2D eigenvalue weighted by Gasteiger charge is 2.22. The summed E-state index contributed by atoms with van der Waals surface area (Å²) in [6.07, 6.45) is 11.5. The topological polar surface area (TPSA) is 91.2 Å². The van der Waals surface area contributed by atoms with Crippen LogP contribution in [0.5, 0.6) is 0 Å². The fourth-order valence-electron chi connectivity index (χ4n) is 3.05. The number of aromatic amines is 1. The van der Waals surface area contributed by atoms with E-state index < -0.39 is 5.82 Å². The minimum Gasteiger partial charge on any atom is -0.312 e. The SMILES string of the molecule is C1CC1.CN(C)Cc1c(F)c(Cl)c(-c2cn3cc(NC=O)nc3cn2)c2cn[nH]c12. The number of nitrogens with one attached hydrogen (secondary N) is 2. The van der Waals surface area contributed by atoms with Gasteiger partial charge in [0.05, 0.1) is 34.8 Å². The van der Waals surface area contributed by atoms with Crippen LogP contribution in [0.3, 0.4) is 0 Å². The van der Waals surface area contributed by atoms with Crippen LogP contribution in [0.1, 0.15) is 24.8 Å². The Hall–Kier alpha value is -3.04. The van der Waals surface area contributed by atoms with Crippen molar-refractivity contribution < 1.29 is 9.18 Å². The molecule has 3 heterocycles. The lowest BCUT2D eigenvalue weighted by Gasteiger charge is -2.15. The zero-order valence-electron chi connectivity index (χ0n) is 16.6. The molecule has 0 bridgehead atoms. The first-order valence-corrected chi connectivity index (χ1v) is 9.90. The largest absolute Gasteiger partial charge is 0.312 e. The Morgan fingerprint density at radius 3 is 2.73 bits per heavy atom. The lowest BCUT2D eigenvalue weighted by atomic mass is 10.0. The van der Waals surface area contributed by atoms with Crippen LogP contribution >= 0.6 is 11.6 Å². The highest BCUT2D eigenvalue weighted by atomic mass is 35.5. The Labute approximate surface area is 177 Å². The molecule has 0 unspecified atom stereocenters. The molecule has 10 heteroatoms. The van der Waals surface area contributed by atoms with Gasteiger partial charge in [0, 0.05) is 29.3 Å². The van der Waals surface area contributed by atoms with Crippen LogP contribution in [0.25, 0.3) is 27.8 Å². The van der Waals surface area contributed by atoms with Gasteiger partial charge in [-0.25, -0.2) is 9.37 Å². The second kappa shape index (κ2) is 8.37. The molecule has 1 saturated carbocycles. The minimum atomic E-state index is -0.507. The van der Waals surface area contributed by atoms with Crippen LogP contribution in [-0.2, 0) is 11.3 Å². The number of halogens is 2. The smallest absolute Gasteiger partial charge is 0.212 e. The predicted octanol–water partition coefficient (Wildman–Crippen LogP) is 3.87. The maximum Gasteiger partial charge on any atom is 0.212 e. The number of H-pyrrole nitrogens is 1. The Morgan fingerprint density at radius 1 is 1.30 bits per heavy atom. The van der Waals surface area contributed by atoms with Gasteiger partial charge in [-0.3, -0.25) is 14.9 Å². The molecule has 2 N–H and O–H groups in total. The summed E-state index contributed by atoms with van der Waals surface area (Å²) in [5.74, 6) is -0.121. The Bertz CT molecular complexity index is 1210. The number of carbonyl (C=O) groups excluding carboxylic acids is 1. The van der Waals surface area contributed by atoms with E-state index in [1.54, 1.807) is 23.0 Å². The molecule has 1 amide bonds. The summed E-state index contributed by atoms with van der Waals surface area (Å²) in [7, 11) is 3.70. The molecular formula is C20H21ClFN7O. The third kappa shape index (κ3) is 3.99. The van der Waals surface area contributed by atoms with Crippen molar-refractivity contribution >= 4 is 40.4 Å². The van der Waals surface area contributed by atoms with Gasteiger partial charge in [0.2, 0.25) is 6.41 Å². The standard InChI is InChI=1S/C17H15ClFN7O.C3H6/c1-25(2)5-10-16(19)15(18)14(9-3-22-24-17(9)10)11-6-26-7-12(21-8-27)23-13(26)4-20-11;1-2-3-1/h3-4,6-8H,5H2,1-2H3,(H,21,27)(H,22,24);1-3H2. The lowest BCUT2D eigenvalue weighted by molar-refractivity contribution is -0.105. The summed E-state index contributed by atoms with van der Waals surface area (Å²) in [5.41, 5.74) is 2.47. The van der Waals surface area contributed by atoms with E-state index >= 15 is 4.39 Å². The van der Waals surface area contributed by atoms with Crippen molar-refractivity contribution in [2.45, 2.75) is 25.8 Å². The second-order valence-electron chi connectivity index (χ2n) is 7.36. The number of rotatable bonds is 5. The molecule has 0 radical (unpaired) electrons. The molecule has 1 fully saturated rings. The highest BCUT2D eigenvalue weighted by Crippen LogP contribution is 2.38. The third-order valence-electron chi connectivity index (χ3n) is 4.52. The van der Waals surface area contributed by atoms with E-state index in [0.29, 0.717) is 52.1 Å². The van der Waals surface area contributed by atoms with Gasteiger partial charge >= 0.3 is 0 Å². The van der Waals surface area contributed by atoms with Crippen molar-refractivity contribution in [2.75, 3.05) is 19.4 Å². The van der Waals surface area contributed by atoms with E-state index in [2.05, 4.69) is 25.5 Å². The van der Waals surface area contributed by atoms with Gasteiger partial charge in [-0.1, -0.05) is 30.9 Å². The van der Waals surface area contributed by atoms with Gasteiger partial charge in [0.1, 0.15) is 5.82 Å². The summed E-state index contributed by atoms with van der Waals surface area (Å²) in [6.45, 7) is 0.374. The van der Waals surface area contributed by atoms with Gasteiger partial charge in [-0.15, -0.1) is 0 Å². The molecular weight excluding hydrogens is 409 g/mol. The van der Waals surface area contributed by atoms with Gasteiger partial charge in [-0.2, -0.15) is 5.10 Å².